The van der Waals surface area contributed by atoms with E-state index < -0.39 is 0 Å². The molecular weight excluding hydrogens is 334 g/mol. The number of hydrogen-bond donors (Lipinski definition) is 1. The normalized spacial score (nSPS) is 15.0. The molecule has 1 aliphatic heterocycles. The van der Waals surface area contributed by atoms with Gasteiger partial charge in [-0.25, -0.2) is 0 Å². The van der Waals surface area contributed by atoms with Crippen LogP contribution in [0.25, 0.3) is 0 Å². The number of hydrogen-bond acceptors (Lipinski definition) is 3. The van der Waals surface area contributed by atoms with Crippen LogP contribution in [0.15, 0.2) is 48.5 Å². The van der Waals surface area contributed by atoms with E-state index in [9.17, 15) is 4.79 Å². The third-order valence-electron chi connectivity index (χ3n) is 5.41. The summed E-state index contributed by atoms with van der Waals surface area (Å²) in [5, 5.41) is 3.18. The Bertz CT molecular complexity index is 714. The lowest BCUT2D eigenvalue weighted by atomic mass is 10.0. The Morgan fingerprint density at radius 3 is 2.11 bits per heavy atom. The van der Waals surface area contributed by atoms with Crippen LogP contribution in [0.4, 0.5) is 11.4 Å². The summed E-state index contributed by atoms with van der Waals surface area (Å²) in [5.41, 5.74) is 4.76. The van der Waals surface area contributed by atoms with Gasteiger partial charge >= 0.3 is 0 Å². The number of carbonyl (C=O) groups is 1. The quantitative estimate of drug-likeness (QED) is 0.807. The first kappa shape index (κ1) is 19.4. The molecule has 2 aromatic carbocycles. The number of carbonyl (C=O) groups excluding carboxylic acids is 1. The molecule has 1 fully saturated rings. The van der Waals surface area contributed by atoms with Crippen molar-refractivity contribution in [3.63, 3.8) is 0 Å². The lowest BCUT2D eigenvalue weighted by Crippen LogP contribution is -2.47. The molecule has 27 heavy (non-hydrogen) atoms. The molecule has 0 saturated carbocycles. The average Bonchev–Trinajstić information content (AvgIpc) is 2.73. The Morgan fingerprint density at radius 2 is 1.52 bits per heavy atom. The van der Waals surface area contributed by atoms with Crippen molar-refractivity contribution in [1.29, 1.82) is 0 Å². The van der Waals surface area contributed by atoms with E-state index in [0.29, 0.717) is 6.42 Å². The average molecular weight is 366 g/mol. The lowest BCUT2D eigenvalue weighted by Gasteiger charge is -2.36. The number of benzene rings is 2. The fraction of sp³-hybridized carbons (Fsp3) is 0.435. The number of aryl methyl sites for hydroxylation is 2. The highest BCUT2D eigenvalue weighted by atomic mass is 16.1. The second-order valence-electron chi connectivity index (χ2n) is 7.12. The number of nitrogens with one attached hydrogen (secondary N) is 1. The van der Waals surface area contributed by atoms with E-state index in [0.717, 1.165) is 51.3 Å². The van der Waals surface area contributed by atoms with Gasteiger partial charge in [-0.15, -0.1) is 0 Å². The Morgan fingerprint density at radius 1 is 0.889 bits per heavy atom. The summed E-state index contributed by atoms with van der Waals surface area (Å²) < 4.78 is 0. The van der Waals surface area contributed by atoms with Crippen LogP contribution in [-0.4, -0.2) is 43.5 Å². The topological polar surface area (TPSA) is 35.6 Å². The van der Waals surface area contributed by atoms with Gasteiger partial charge in [0, 0.05) is 50.5 Å². The number of nitrogens with zero attached hydrogens (tertiary/aromatic N) is 2. The van der Waals surface area contributed by atoms with E-state index in [1.807, 2.05) is 0 Å². The zero-order valence-corrected chi connectivity index (χ0v) is 16.6. The van der Waals surface area contributed by atoms with Crippen LogP contribution in [0, 0.1) is 0 Å². The van der Waals surface area contributed by atoms with Crippen LogP contribution in [0.3, 0.4) is 0 Å². The van der Waals surface area contributed by atoms with Crippen LogP contribution < -0.4 is 10.2 Å². The molecule has 2 aromatic rings. The Balaban J connectivity index is 1.48. The minimum Gasteiger partial charge on any atom is -0.369 e. The fourth-order valence-electron chi connectivity index (χ4n) is 3.73. The van der Waals surface area contributed by atoms with Gasteiger partial charge in [-0.3, -0.25) is 9.69 Å². The van der Waals surface area contributed by atoms with Crippen molar-refractivity contribution in [1.82, 2.24) is 4.90 Å². The van der Waals surface area contributed by atoms with Crippen LogP contribution >= 0.6 is 0 Å². The monoisotopic (exact) mass is 365 g/mol. The number of piperazine rings is 1. The first-order valence-corrected chi connectivity index (χ1v) is 10.1. The maximum Gasteiger partial charge on any atom is 0.225 e. The summed E-state index contributed by atoms with van der Waals surface area (Å²) in [4.78, 5) is 17.3. The SMILES string of the molecule is CCc1cccc(CC)c1NC(=O)CCN1CCN(c2ccccc2)CC1. The van der Waals surface area contributed by atoms with Gasteiger partial charge < -0.3 is 10.2 Å². The molecule has 1 aliphatic rings. The summed E-state index contributed by atoms with van der Waals surface area (Å²) in [7, 11) is 0. The molecule has 0 radical (unpaired) electrons. The maximum atomic E-state index is 12.5. The summed E-state index contributed by atoms with van der Waals surface area (Å²) in [5.74, 6) is 0.121. The molecule has 0 aromatic heterocycles. The van der Waals surface area contributed by atoms with Crippen molar-refractivity contribution < 1.29 is 4.79 Å². The Hall–Kier alpha value is -2.33. The minimum atomic E-state index is 0.121. The molecule has 1 amide bonds. The van der Waals surface area contributed by atoms with E-state index in [2.05, 4.69) is 77.5 Å². The molecule has 0 bridgehead atoms. The predicted octanol–water partition coefficient (Wildman–Crippen LogP) is 3.96. The van der Waals surface area contributed by atoms with Crippen LogP contribution in [-0.2, 0) is 17.6 Å². The number of anilines is 2. The standard InChI is InChI=1S/C23H31N3O/c1-3-19-9-8-10-20(4-2)23(19)24-22(27)13-14-25-15-17-26(18-16-25)21-11-6-5-7-12-21/h5-12H,3-4,13-18H2,1-2H3,(H,24,27). The molecule has 0 atom stereocenters. The van der Waals surface area contributed by atoms with Crippen molar-refractivity contribution in [3.05, 3.63) is 59.7 Å². The molecule has 4 heteroatoms. The van der Waals surface area contributed by atoms with Crippen molar-refractivity contribution in [2.45, 2.75) is 33.1 Å². The van der Waals surface area contributed by atoms with Crippen LogP contribution in [0.1, 0.15) is 31.4 Å². The minimum absolute atomic E-state index is 0.121. The van der Waals surface area contributed by atoms with Crippen molar-refractivity contribution in [3.8, 4) is 0 Å². The second-order valence-corrected chi connectivity index (χ2v) is 7.12. The maximum absolute atomic E-state index is 12.5. The van der Waals surface area contributed by atoms with Crippen LogP contribution in [0.2, 0.25) is 0 Å². The molecule has 4 nitrogen and oxygen atoms in total. The first-order valence-electron chi connectivity index (χ1n) is 10.1. The Labute approximate surface area is 163 Å². The Kier molecular flexibility index (Phi) is 6.88. The van der Waals surface area contributed by atoms with E-state index in [1.54, 1.807) is 0 Å². The number of amides is 1. The van der Waals surface area contributed by atoms with Gasteiger partial charge in [0.1, 0.15) is 0 Å². The molecule has 1 N–H and O–H groups in total. The second kappa shape index (κ2) is 9.56. The van der Waals surface area contributed by atoms with Gasteiger partial charge in [0.2, 0.25) is 5.91 Å². The summed E-state index contributed by atoms with van der Waals surface area (Å²) in [6.45, 7) is 9.15. The largest absolute Gasteiger partial charge is 0.369 e. The fourth-order valence-corrected chi connectivity index (χ4v) is 3.73. The van der Waals surface area contributed by atoms with Gasteiger partial charge in [0.05, 0.1) is 0 Å². The van der Waals surface area contributed by atoms with E-state index in [-0.39, 0.29) is 5.91 Å². The van der Waals surface area contributed by atoms with Gasteiger partial charge in [-0.1, -0.05) is 50.2 Å². The molecule has 3 rings (SSSR count). The van der Waals surface area contributed by atoms with Crippen LogP contribution in [0.5, 0.6) is 0 Å². The molecule has 0 spiro atoms. The third-order valence-corrected chi connectivity index (χ3v) is 5.41. The smallest absolute Gasteiger partial charge is 0.225 e. The van der Waals surface area contributed by atoms with E-state index in [4.69, 9.17) is 0 Å². The van der Waals surface area contributed by atoms with Gasteiger partial charge in [-0.2, -0.15) is 0 Å². The number of rotatable bonds is 7. The molecule has 1 saturated heterocycles. The summed E-state index contributed by atoms with van der Waals surface area (Å²) >= 11 is 0. The van der Waals surface area contributed by atoms with Crippen molar-refractivity contribution in [2.75, 3.05) is 42.9 Å². The van der Waals surface area contributed by atoms with Crippen molar-refractivity contribution >= 4 is 17.3 Å². The highest BCUT2D eigenvalue weighted by molar-refractivity contribution is 5.92. The van der Waals surface area contributed by atoms with Crippen molar-refractivity contribution in [2.24, 2.45) is 0 Å². The highest BCUT2D eigenvalue weighted by Crippen LogP contribution is 2.23. The summed E-state index contributed by atoms with van der Waals surface area (Å²) in [6, 6.07) is 16.9. The van der Waals surface area contributed by atoms with E-state index in [1.165, 1.54) is 16.8 Å². The number of para-hydroxylation sites is 2. The summed E-state index contributed by atoms with van der Waals surface area (Å²) in [6.07, 6.45) is 2.42. The zero-order valence-electron chi connectivity index (χ0n) is 16.6. The lowest BCUT2D eigenvalue weighted by molar-refractivity contribution is -0.116. The first-order chi connectivity index (χ1) is 13.2. The molecule has 0 aliphatic carbocycles. The zero-order chi connectivity index (χ0) is 19.1. The molecule has 0 unspecified atom stereocenters. The van der Waals surface area contributed by atoms with Gasteiger partial charge in [-0.05, 0) is 36.1 Å². The molecule has 1 heterocycles. The third kappa shape index (κ3) is 5.10. The van der Waals surface area contributed by atoms with E-state index >= 15 is 0 Å². The molecular formula is C23H31N3O. The highest BCUT2D eigenvalue weighted by Gasteiger charge is 2.18. The van der Waals surface area contributed by atoms with Gasteiger partial charge in [0.15, 0.2) is 0 Å². The molecule has 144 valence electrons. The predicted molar refractivity (Wildman–Crippen MR) is 114 cm³/mol. The van der Waals surface area contributed by atoms with Gasteiger partial charge in [0.25, 0.3) is 0 Å².